The quantitative estimate of drug-likeness (QED) is 0.336. The van der Waals surface area contributed by atoms with Gasteiger partial charge in [0.25, 0.3) is 0 Å². The summed E-state index contributed by atoms with van der Waals surface area (Å²) in [7, 11) is 0. The van der Waals surface area contributed by atoms with Crippen LogP contribution in [-0.2, 0) is 17.8 Å². The first-order valence-electron chi connectivity index (χ1n) is 10.5. The van der Waals surface area contributed by atoms with Crippen molar-refractivity contribution in [2.75, 3.05) is 5.75 Å². The van der Waals surface area contributed by atoms with Gasteiger partial charge in [0, 0.05) is 30.1 Å². The van der Waals surface area contributed by atoms with Crippen LogP contribution in [0.25, 0.3) is 16.6 Å². The molecule has 0 radical (unpaired) electrons. The van der Waals surface area contributed by atoms with Crippen molar-refractivity contribution in [3.63, 3.8) is 0 Å². The summed E-state index contributed by atoms with van der Waals surface area (Å²) in [5, 5.41) is 13.8. The number of nitrogens with one attached hydrogen (secondary N) is 1. The van der Waals surface area contributed by atoms with E-state index in [1.807, 2.05) is 49.7 Å². The lowest BCUT2D eigenvalue weighted by molar-refractivity contribution is -0.119. The number of hydrogen-bond acceptors (Lipinski definition) is 6. The molecule has 4 rings (SSSR count). The lowest BCUT2D eigenvalue weighted by Gasteiger charge is -2.11. The minimum absolute atomic E-state index is 0.00711. The zero-order valence-corrected chi connectivity index (χ0v) is 19.1. The Bertz CT molecular complexity index is 1230. The number of nitrogens with zero attached hydrogens (tertiary/aromatic N) is 6. The van der Waals surface area contributed by atoms with E-state index in [0.717, 1.165) is 40.2 Å². The standard InChI is InChI=1S/C22H27N7OS/c1-5-14(2)23-20(30)13-31-22-24-18-9-7-6-8-17(18)21-25-19(27-29(21)22)10-11-28-16(4)12-15(3)26-28/h6-9,12,14H,5,10-11,13H2,1-4H3,(H,23,30)/t14-/m0/s1. The predicted octanol–water partition coefficient (Wildman–Crippen LogP) is 3.34. The van der Waals surface area contributed by atoms with E-state index in [2.05, 4.69) is 23.4 Å². The van der Waals surface area contributed by atoms with Crippen molar-refractivity contribution in [3.05, 3.63) is 47.5 Å². The molecule has 0 fully saturated rings. The lowest BCUT2D eigenvalue weighted by atomic mass is 10.2. The molecule has 1 aromatic carbocycles. The summed E-state index contributed by atoms with van der Waals surface area (Å²) in [6.45, 7) is 8.80. The number of aryl methyl sites for hydroxylation is 4. The molecular weight excluding hydrogens is 410 g/mol. The molecule has 3 aromatic heterocycles. The molecule has 0 aliphatic rings. The maximum atomic E-state index is 12.3. The fourth-order valence-electron chi connectivity index (χ4n) is 3.43. The molecular formula is C22H27N7OS. The molecule has 0 saturated carbocycles. The normalized spacial score (nSPS) is 12.5. The number of carbonyl (C=O) groups is 1. The Morgan fingerprint density at radius 1 is 1.19 bits per heavy atom. The molecule has 1 atom stereocenters. The van der Waals surface area contributed by atoms with Crippen LogP contribution >= 0.6 is 11.8 Å². The molecule has 0 aliphatic heterocycles. The minimum atomic E-state index is -0.00711. The first-order chi connectivity index (χ1) is 14.9. The van der Waals surface area contributed by atoms with Crippen molar-refractivity contribution in [1.29, 1.82) is 0 Å². The van der Waals surface area contributed by atoms with Crippen LogP contribution in [0.2, 0.25) is 0 Å². The molecule has 0 aliphatic carbocycles. The van der Waals surface area contributed by atoms with Crippen LogP contribution in [0.15, 0.2) is 35.5 Å². The topological polar surface area (TPSA) is 90.0 Å². The molecule has 0 unspecified atom stereocenters. The first-order valence-corrected chi connectivity index (χ1v) is 11.5. The number of hydrogen-bond donors (Lipinski definition) is 1. The van der Waals surface area contributed by atoms with E-state index >= 15 is 0 Å². The molecule has 0 saturated heterocycles. The predicted molar refractivity (Wildman–Crippen MR) is 122 cm³/mol. The Hall–Kier alpha value is -2.94. The van der Waals surface area contributed by atoms with Crippen LogP contribution in [-0.4, -0.2) is 47.1 Å². The van der Waals surface area contributed by atoms with Gasteiger partial charge in [0.05, 0.1) is 17.0 Å². The van der Waals surface area contributed by atoms with Crippen LogP contribution in [0.5, 0.6) is 0 Å². The summed E-state index contributed by atoms with van der Waals surface area (Å²) in [6.07, 6.45) is 1.56. The highest BCUT2D eigenvalue weighted by molar-refractivity contribution is 7.99. The number of carbonyl (C=O) groups excluding carboxylic acids is 1. The van der Waals surface area contributed by atoms with E-state index < -0.39 is 0 Å². The zero-order chi connectivity index (χ0) is 22.0. The van der Waals surface area contributed by atoms with Crippen LogP contribution in [0.1, 0.15) is 37.5 Å². The average Bonchev–Trinajstić information content (AvgIpc) is 3.32. The lowest BCUT2D eigenvalue weighted by Crippen LogP contribution is -2.33. The summed E-state index contributed by atoms with van der Waals surface area (Å²) >= 11 is 1.38. The van der Waals surface area contributed by atoms with Crippen molar-refractivity contribution in [1.82, 2.24) is 34.7 Å². The number of para-hydroxylation sites is 1. The summed E-state index contributed by atoms with van der Waals surface area (Å²) in [6, 6.07) is 10.1. The Kier molecular flexibility index (Phi) is 6.22. The largest absolute Gasteiger partial charge is 0.353 e. The van der Waals surface area contributed by atoms with Crippen molar-refractivity contribution in [3.8, 4) is 0 Å². The van der Waals surface area contributed by atoms with Crippen molar-refractivity contribution < 1.29 is 4.79 Å². The first kappa shape index (κ1) is 21.3. The number of fused-ring (bicyclic) bond motifs is 3. The van der Waals surface area contributed by atoms with Gasteiger partial charge in [0.15, 0.2) is 16.6 Å². The van der Waals surface area contributed by atoms with E-state index in [-0.39, 0.29) is 17.7 Å². The Balaban J connectivity index is 1.62. The Morgan fingerprint density at radius 2 is 2.00 bits per heavy atom. The van der Waals surface area contributed by atoms with Gasteiger partial charge in [-0.1, -0.05) is 30.8 Å². The van der Waals surface area contributed by atoms with Crippen molar-refractivity contribution in [2.45, 2.75) is 58.3 Å². The van der Waals surface area contributed by atoms with Crippen molar-refractivity contribution in [2.24, 2.45) is 0 Å². The van der Waals surface area contributed by atoms with Gasteiger partial charge < -0.3 is 5.32 Å². The third-order valence-electron chi connectivity index (χ3n) is 5.20. The molecule has 9 heteroatoms. The van der Waals surface area contributed by atoms with Gasteiger partial charge in [-0.3, -0.25) is 9.48 Å². The second kappa shape index (κ2) is 9.05. The van der Waals surface area contributed by atoms with Gasteiger partial charge in [-0.2, -0.15) is 9.61 Å². The maximum absolute atomic E-state index is 12.3. The second-order valence-electron chi connectivity index (χ2n) is 7.74. The fraction of sp³-hybridized carbons (Fsp3) is 0.409. The highest BCUT2D eigenvalue weighted by atomic mass is 32.2. The molecule has 1 amide bonds. The van der Waals surface area contributed by atoms with E-state index in [0.29, 0.717) is 18.1 Å². The molecule has 3 heterocycles. The smallest absolute Gasteiger partial charge is 0.230 e. The van der Waals surface area contributed by atoms with Gasteiger partial charge in [-0.25, -0.2) is 9.97 Å². The Morgan fingerprint density at radius 3 is 2.74 bits per heavy atom. The number of amides is 1. The Labute approximate surface area is 185 Å². The number of benzene rings is 1. The van der Waals surface area contributed by atoms with Gasteiger partial charge in [-0.15, -0.1) is 5.10 Å². The van der Waals surface area contributed by atoms with E-state index in [9.17, 15) is 4.79 Å². The summed E-state index contributed by atoms with van der Waals surface area (Å²) in [5.74, 6) is 1.01. The number of rotatable bonds is 8. The number of aromatic nitrogens is 6. The van der Waals surface area contributed by atoms with Crippen molar-refractivity contribution >= 4 is 34.2 Å². The average molecular weight is 438 g/mol. The second-order valence-corrected chi connectivity index (χ2v) is 8.68. The minimum Gasteiger partial charge on any atom is -0.353 e. The highest BCUT2D eigenvalue weighted by Gasteiger charge is 2.16. The maximum Gasteiger partial charge on any atom is 0.230 e. The molecule has 0 bridgehead atoms. The van der Waals surface area contributed by atoms with E-state index in [1.165, 1.54) is 11.8 Å². The van der Waals surface area contributed by atoms with Crippen LogP contribution in [0, 0.1) is 13.8 Å². The summed E-state index contributed by atoms with van der Waals surface area (Å²) in [5.41, 5.74) is 3.73. The van der Waals surface area contributed by atoms with Gasteiger partial charge in [0.1, 0.15) is 0 Å². The monoisotopic (exact) mass is 437 g/mol. The highest BCUT2D eigenvalue weighted by Crippen LogP contribution is 2.24. The van der Waals surface area contributed by atoms with Crippen LogP contribution in [0.4, 0.5) is 0 Å². The molecule has 4 aromatic rings. The molecule has 8 nitrogen and oxygen atoms in total. The third kappa shape index (κ3) is 4.71. The van der Waals surface area contributed by atoms with Gasteiger partial charge in [0.2, 0.25) is 5.91 Å². The summed E-state index contributed by atoms with van der Waals surface area (Å²) in [4.78, 5) is 21.8. The van der Waals surface area contributed by atoms with E-state index in [4.69, 9.17) is 15.1 Å². The van der Waals surface area contributed by atoms with Gasteiger partial charge in [-0.05, 0) is 45.4 Å². The number of thioether (sulfide) groups is 1. The van der Waals surface area contributed by atoms with Crippen LogP contribution < -0.4 is 5.32 Å². The molecule has 31 heavy (non-hydrogen) atoms. The van der Waals surface area contributed by atoms with Gasteiger partial charge >= 0.3 is 0 Å². The van der Waals surface area contributed by atoms with Crippen LogP contribution in [0.3, 0.4) is 0 Å². The zero-order valence-electron chi connectivity index (χ0n) is 18.3. The third-order valence-corrected chi connectivity index (χ3v) is 6.12. The SMILES string of the molecule is CC[C@H](C)NC(=O)CSc1nc2ccccc2c2nc(CCn3nc(C)cc3C)nn12. The fourth-order valence-corrected chi connectivity index (χ4v) is 4.18. The summed E-state index contributed by atoms with van der Waals surface area (Å²) < 4.78 is 3.74. The molecule has 1 N–H and O–H groups in total. The van der Waals surface area contributed by atoms with E-state index in [1.54, 1.807) is 4.52 Å². The molecule has 0 spiro atoms. The molecule has 162 valence electrons.